The van der Waals surface area contributed by atoms with Crippen LogP contribution in [0.15, 0.2) is 50.4 Å². The van der Waals surface area contributed by atoms with Gasteiger partial charge in [-0.25, -0.2) is 4.79 Å². The van der Waals surface area contributed by atoms with Crippen LogP contribution >= 0.6 is 0 Å². The monoisotopic (exact) mass is 445 g/mol. The molecule has 3 aromatic heterocycles. The SMILES string of the molecule is O=C(O)c1ccc(-c2c3oc4c(O)c(=O)ccc4c3[nH]c3c2c(=O)[nH]n3C2CCCC2)cc1. The summed E-state index contributed by atoms with van der Waals surface area (Å²) in [6.07, 6.45) is 4.04. The van der Waals surface area contributed by atoms with Crippen LogP contribution in [0.2, 0.25) is 0 Å². The third-order valence-corrected chi connectivity index (χ3v) is 6.55. The van der Waals surface area contributed by atoms with Gasteiger partial charge in [0.05, 0.1) is 22.5 Å². The van der Waals surface area contributed by atoms with Gasteiger partial charge in [0, 0.05) is 10.9 Å². The Kier molecular flexibility index (Phi) is 4.04. The molecule has 2 aromatic carbocycles. The molecule has 5 aromatic rings. The van der Waals surface area contributed by atoms with Gasteiger partial charge >= 0.3 is 5.97 Å². The number of furan rings is 1. The highest BCUT2D eigenvalue weighted by atomic mass is 16.4. The first-order chi connectivity index (χ1) is 15.9. The number of phenolic OH excluding ortho intramolecular Hbond substituents is 1. The molecule has 9 heteroatoms. The van der Waals surface area contributed by atoms with Crippen LogP contribution in [-0.4, -0.2) is 30.9 Å². The molecule has 9 nitrogen and oxygen atoms in total. The molecule has 0 bridgehead atoms. The number of H-pyrrole nitrogens is 2. The van der Waals surface area contributed by atoms with E-state index in [-0.39, 0.29) is 22.7 Å². The molecule has 166 valence electrons. The number of pyridine rings is 1. The topological polar surface area (TPSA) is 141 Å². The number of aromatic nitrogens is 3. The highest BCUT2D eigenvalue weighted by Crippen LogP contribution is 2.41. The normalized spacial score (nSPS) is 14.7. The smallest absolute Gasteiger partial charge is 0.335 e. The van der Waals surface area contributed by atoms with E-state index in [0.717, 1.165) is 25.7 Å². The fourth-order valence-corrected chi connectivity index (χ4v) is 4.96. The molecule has 1 aliphatic carbocycles. The Morgan fingerprint density at radius 2 is 1.76 bits per heavy atom. The first-order valence-corrected chi connectivity index (χ1v) is 10.7. The van der Waals surface area contributed by atoms with Crippen LogP contribution in [0.5, 0.6) is 5.75 Å². The molecular weight excluding hydrogens is 426 g/mol. The molecule has 0 aliphatic heterocycles. The maximum Gasteiger partial charge on any atom is 0.335 e. The third kappa shape index (κ3) is 2.75. The molecule has 3 heterocycles. The molecule has 0 saturated heterocycles. The van der Waals surface area contributed by atoms with Gasteiger partial charge in [-0.2, -0.15) is 0 Å². The van der Waals surface area contributed by atoms with E-state index in [1.54, 1.807) is 18.2 Å². The van der Waals surface area contributed by atoms with E-state index in [9.17, 15) is 24.6 Å². The Morgan fingerprint density at radius 3 is 2.45 bits per heavy atom. The second-order valence-electron chi connectivity index (χ2n) is 8.45. The van der Waals surface area contributed by atoms with Gasteiger partial charge in [-0.3, -0.25) is 19.4 Å². The molecule has 0 atom stereocenters. The summed E-state index contributed by atoms with van der Waals surface area (Å²) in [7, 11) is 0. The molecule has 4 N–H and O–H groups in total. The summed E-state index contributed by atoms with van der Waals surface area (Å²) in [6, 6.07) is 9.16. The van der Waals surface area contributed by atoms with E-state index in [1.165, 1.54) is 18.2 Å². The number of benzene rings is 2. The lowest BCUT2D eigenvalue weighted by molar-refractivity contribution is 0.0697. The Hall–Kier alpha value is -4.27. The fraction of sp³-hybridized carbons (Fsp3) is 0.208. The number of hydrogen-bond donors (Lipinski definition) is 4. The average molecular weight is 445 g/mol. The zero-order valence-corrected chi connectivity index (χ0v) is 17.3. The summed E-state index contributed by atoms with van der Waals surface area (Å²) >= 11 is 0. The fourth-order valence-electron chi connectivity index (χ4n) is 4.96. The molecule has 0 unspecified atom stereocenters. The summed E-state index contributed by atoms with van der Waals surface area (Å²) < 4.78 is 7.83. The molecule has 33 heavy (non-hydrogen) atoms. The van der Waals surface area contributed by atoms with Crippen molar-refractivity contribution in [2.45, 2.75) is 31.7 Å². The minimum absolute atomic E-state index is 0.0358. The number of carboxylic acids is 1. The van der Waals surface area contributed by atoms with Crippen molar-refractivity contribution < 1.29 is 19.4 Å². The predicted molar refractivity (Wildman–Crippen MR) is 122 cm³/mol. The van der Waals surface area contributed by atoms with Gasteiger partial charge in [-0.15, -0.1) is 0 Å². The number of hydrogen-bond acceptors (Lipinski definition) is 5. The molecule has 6 rings (SSSR count). The van der Waals surface area contributed by atoms with Crippen molar-refractivity contribution in [3.05, 3.63) is 62.5 Å². The van der Waals surface area contributed by atoms with Crippen LogP contribution in [0, 0.1) is 0 Å². The lowest BCUT2D eigenvalue weighted by Crippen LogP contribution is -2.10. The van der Waals surface area contributed by atoms with Gasteiger partial charge in [-0.05, 0) is 42.7 Å². The number of phenols is 1. The van der Waals surface area contributed by atoms with Gasteiger partial charge < -0.3 is 19.6 Å². The molecular formula is C24H19N3O6. The Morgan fingerprint density at radius 1 is 1.03 bits per heavy atom. The summed E-state index contributed by atoms with van der Waals surface area (Å²) in [5, 5.41) is 23.4. The first kappa shape index (κ1) is 19.4. The van der Waals surface area contributed by atoms with Gasteiger partial charge in [0.25, 0.3) is 5.56 Å². The highest BCUT2D eigenvalue weighted by molar-refractivity contribution is 6.15. The van der Waals surface area contributed by atoms with E-state index in [1.807, 2.05) is 4.68 Å². The predicted octanol–water partition coefficient (Wildman–Crippen LogP) is 4.10. The van der Waals surface area contributed by atoms with Gasteiger partial charge in [0.15, 0.2) is 11.2 Å². The van der Waals surface area contributed by atoms with E-state index < -0.39 is 17.1 Å². The van der Waals surface area contributed by atoms with Gasteiger partial charge in [-0.1, -0.05) is 25.0 Å². The zero-order chi connectivity index (χ0) is 22.9. The quantitative estimate of drug-likeness (QED) is 0.329. The second-order valence-corrected chi connectivity index (χ2v) is 8.45. The van der Waals surface area contributed by atoms with E-state index >= 15 is 0 Å². The molecule has 1 fully saturated rings. The maximum absolute atomic E-state index is 13.2. The van der Waals surface area contributed by atoms with Crippen LogP contribution in [-0.2, 0) is 0 Å². The lowest BCUT2D eigenvalue weighted by atomic mass is 10.0. The first-order valence-electron chi connectivity index (χ1n) is 10.7. The number of carbonyl (C=O) groups is 1. The van der Waals surface area contributed by atoms with Crippen LogP contribution in [0.1, 0.15) is 42.1 Å². The number of aromatic amines is 2. The maximum atomic E-state index is 13.2. The number of fused-ring (bicyclic) bond motifs is 4. The standard InChI is InChI=1S/C24H19N3O6/c28-15-10-9-14-18-21(33-20(14)19(15)29)16(11-5-7-12(8-6-11)24(31)32)17-22(25-18)27(26-23(17)30)13-3-1-2-4-13/h5-10,13,25,29H,1-4H2,(H,26,30)(H,31,32). The van der Waals surface area contributed by atoms with E-state index in [4.69, 9.17) is 4.42 Å². The number of carboxylic acid groups (broad SMARTS) is 1. The summed E-state index contributed by atoms with van der Waals surface area (Å²) in [4.78, 5) is 39.8. The number of rotatable bonds is 3. The van der Waals surface area contributed by atoms with Crippen molar-refractivity contribution in [1.82, 2.24) is 14.8 Å². The Balaban J connectivity index is 1.77. The van der Waals surface area contributed by atoms with Crippen molar-refractivity contribution in [3.8, 4) is 16.9 Å². The Labute approximate surface area is 184 Å². The van der Waals surface area contributed by atoms with Crippen molar-refractivity contribution in [2.24, 2.45) is 0 Å². The number of aromatic hydroxyl groups is 1. The van der Waals surface area contributed by atoms with Crippen molar-refractivity contribution in [1.29, 1.82) is 0 Å². The summed E-state index contributed by atoms with van der Waals surface area (Å²) in [5.41, 5.74) is 1.76. The van der Waals surface area contributed by atoms with Gasteiger partial charge in [0.2, 0.25) is 11.2 Å². The van der Waals surface area contributed by atoms with E-state index in [0.29, 0.717) is 38.6 Å². The third-order valence-electron chi connectivity index (χ3n) is 6.55. The van der Waals surface area contributed by atoms with Crippen molar-refractivity contribution in [3.63, 3.8) is 0 Å². The summed E-state index contributed by atoms with van der Waals surface area (Å²) in [6.45, 7) is 0. The van der Waals surface area contributed by atoms with Crippen LogP contribution in [0.25, 0.3) is 44.2 Å². The molecule has 0 radical (unpaired) electrons. The minimum atomic E-state index is -1.06. The minimum Gasteiger partial charge on any atom is -0.502 e. The molecule has 1 aliphatic rings. The van der Waals surface area contributed by atoms with Crippen molar-refractivity contribution in [2.75, 3.05) is 0 Å². The Bertz CT molecular complexity index is 1690. The number of nitrogens with zero attached hydrogens (tertiary/aromatic N) is 1. The van der Waals surface area contributed by atoms with Crippen molar-refractivity contribution >= 4 is 39.1 Å². The second kappa shape index (κ2) is 6.86. The molecule has 0 amide bonds. The average Bonchev–Trinajstić information content (AvgIpc) is 3.53. The molecule has 1 saturated carbocycles. The van der Waals surface area contributed by atoms with Crippen LogP contribution in [0.4, 0.5) is 0 Å². The number of nitrogens with one attached hydrogen (secondary N) is 2. The highest BCUT2D eigenvalue weighted by Gasteiger charge is 2.26. The molecule has 0 spiro atoms. The van der Waals surface area contributed by atoms with Crippen LogP contribution < -0.4 is 11.0 Å². The summed E-state index contributed by atoms with van der Waals surface area (Å²) in [5.74, 6) is -1.55. The zero-order valence-electron chi connectivity index (χ0n) is 17.3. The van der Waals surface area contributed by atoms with Gasteiger partial charge in [0.1, 0.15) is 5.65 Å². The lowest BCUT2D eigenvalue weighted by Gasteiger charge is -2.13. The van der Waals surface area contributed by atoms with Crippen LogP contribution in [0.3, 0.4) is 0 Å². The number of aromatic carboxylic acids is 1. The van der Waals surface area contributed by atoms with E-state index in [2.05, 4.69) is 10.1 Å². The largest absolute Gasteiger partial charge is 0.502 e.